The van der Waals surface area contributed by atoms with Gasteiger partial charge in [-0.2, -0.15) is 18.2 Å². The highest BCUT2D eigenvalue weighted by Crippen LogP contribution is 2.33. The van der Waals surface area contributed by atoms with Crippen molar-refractivity contribution in [3.05, 3.63) is 41.6 Å². The molecule has 0 bridgehead atoms. The van der Waals surface area contributed by atoms with Gasteiger partial charge in [0.2, 0.25) is 5.95 Å². The summed E-state index contributed by atoms with van der Waals surface area (Å²) in [7, 11) is 0. The van der Waals surface area contributed by atoms with Crippen LogP contribution in [0.4, 0.5) is 30.6 Å². The molecule has 25 heavy (non-hydrogen) atoms. The number of carbonyl (C=O) groups is 1. The van der Waals surface area contributed by atoms with Gasteiger partial charge < -0.3 is 15.3 Å². The number of carboxylic acid groups (broad SMARTS) is 1. The molecular weight excluding hydrogens is 337 g/mol. The van der Waals surface area contributed by atoms with E-state index in [4.69, 9.17) is 5.11 Å². The number of halogens is 3. The molecule has 1 aromatic carbocycles. The summed E-state index contributed by atoms with van der Waals surface area (Å²) in [5.74, 6) is -1.16. The van der Waals surface area contributed by atoms with Crippen LogP contribution in [0, 0.1) is 0 Å². The maximum Gasteiger partial charge on any atom is 0.433 e. The van der Waals surface area contributed by atoms with Crippen molar-refractivity contribution in [2.45, 2.75) is 25.6 Å². The zero-order valence-electron chi connectivity index (χ0n) is 13.2. The van der Waals surface area contributed by atoms with Gasteiger partial charge in [-0.25, -0.2) is 9.78 Å². The first-order valence-corrected chi connectivity index (χ1v) is 7.57. The third kappa shape index (κ3) is 3.65. The van der Waals surface area contributed by atoms with Crippen LogP contribution in [0.1, 0.15) is 29.4 Å². The smallest absolute Gasteiger partial charge is 0.433 e. The van der Waals surface area contributed by atoms with Gasteiger partial charge in [0.15, 0.2) is 5.69 Å². The average molecular weight is 352 g/mol. The summed E-state index contributed by atoms with van der Waals surface area (Å²) in [6.45, 7) is 2.48. The Hall–Kier alpha value is -2.84. The van der Waals surface area contributed by atoms with Gasteiger partial charge in [0, 0.05) is 24.3 Å². The third-order valence-corrected chi connectivity index (χ3v) is 3.96. The summed E-state index contributed by atoms with van der Waals surface area (Å²) in [6.07, 6.45) is -3.74. The lowest BCUT2D eigenvalue weighted by Gasteiger charge is -2.38. The Morgan fingerprint density at radius 2 is 2.08 bits per heavy atom. The second-order valence-corrected chi connectivity index (χ2v) is 5.78. The molecule has 1 aliphatic heterocycles. The summed E-state index contributed by atoms with van der Waals surface area (Å²) in [6, 6.07) is 6.64. The van der Waals surface area contributed by atoms with Crippen LogP contribution in [-0.4, -0.2) is 33.6 Å². The second kappa shape index (κ2) is 6.23. The highest BCUT2D eigenvalue weighted by molar-refractivity contribution is 5.89. The maximum atomic E-state index is 13.1. The summed E-state index contributed by atoms with van der Waals surface area (Å²) < 4.78 is 39.4. The summed E-state index contributed by atoms with van der Waals surface area (Å²) >= 11 is 0. The van der Waals surface area contributed by atoms with Crippen LogP contribution in [-0.2, 0) is 6.18 Å². The molecule has 0 aliphatic carbocycles. The number of alkyl halides is 3. The predicted octanol–water partition coefficient (Wildman–Crippen LogP) is 3.54. The Morgan fingerprint density at radius 1 is 1.32 bits per heavy atom. The van der Waals surface area contributed by atoms with E-state index in [1.807, 2.05) is 6.92 Å². The van der Waals surface area contributed by atoms with E-state index in [1.165, 1.54) is 18.2 Å². The lowest BCUT2D eigenvalue weighted by atomic mass is 10.1. The number of benzene rings is 1. The molecular formula is C16H15F3N4O2. The van der Waals surface area contributed by atoms with E-state index < -0.39 is 17.8 Å². The van der Waals surface area contributed by atoms with E-state index in [0.29, 0.717) is 12.2 Å². The number of aromatic nitrogens is 2. The van der Waals surface area contributed by atoms with Gasteiger partial charge in [-0.1, -0.05) is 6.07 Å². The molecule has 9 heteroatoms. The molecule has 2 heterocycles. The van der Waals surface area contributed by atoms with Crippen LogP contribution in [0.3, 0.4) is 0 Å². The molecule has 0 saturated carbocycles. The van der Waals surface area contributed by atoms with E-state index >= 15 is 0 Å². The van der Waals surface area contributed by atoms with E-state index in [0.717, 1.165) is 12.5 Å². The molecule has 0 spiro atoms. The van der Waals surface area contributed by atoms with Crippen LogP contribution in [0.25, 0.3) is 0 Å². The van der Waals surface area contributed by atoms with Crippen molar-refractivity contribution in [3.63, 3.8) is 0 Å². The minimum atomic E-state index is -4.61. The van der Waals surface area contributed by atoms with Gasteiger partial charge in [-0.15, -0.1) is 0 Å². The zero-order chi connectivity index (χ0) is 18.2. The summed E-state index contributed by atoms with van der Waals surface area (Å²) in [5, 5.41) is 11.7. The fourth-order valence-electron chi connectivity index (χ4n) is 2.46. The molecule has 0 radical (unpaired) electrons. The van der Waals surface area contributed by atoms with Crippen molar-refractivity contribution >= 4 is 23.4 Å². The van der Waals surface area contributed by atoms with Crippen LogP contribution < -0.4 is 10.2 Å². The molecule has 1 saturated heterocycles. The first kappa shape index (κ1) is 17.0. The highest BCUT2D eigenvalue weighted by atomic mass is 19.4. The Morgan fingerprint density at radius 3 is 2.64 bits per heavy atom. The molecule has 0 unspecified atom stereocenters. The molecule has 1 aliphatic rings. The first-order valence-electron chi connectivity index (χ1n) is 7.57. The number of anilines is 3. The Balaban J connectivity index is 1.96. The van der Waals surface area contributed by atoms with Gasteiger partial charge in [0.05, 0.1) is 5.56 Å². The van der Waals surface area contributed by atoms with Crippen LogP contribution in [0.5, 0.6) is 0 Å². The monoisotopic (exact) mass is 352 g/mol. The highest BCUT2D eigenvalue weighted by Gasteiger charge is 2.35. The average Bonchev–Trinajstić information content (AvgIpc) is 2.52. The summed E-state index contributed by atoms with van der Waals surface area (Å²) in [5.41, 5.74) is -0.700. The number of nitrogens with one attached hydrogen (secondary N) is 1. The van der Waals surface area contributed by atoms with Gasteiger partial charge >= 0.3 is 12.1 Å². The van der Waals surface area contributed by atoms with E-state index in [1.54, 1.807) is 11.0 Å². The molecule has 3 rings (SSSR count). The van der Waals surface area contributed by atoms with Crippen LogP contribution in [0.2, 0.25) is 0 Å². The van der Waals surface area contributed by atoms with E-state index in [2.05, 4.69) is 15.3 Å². The van der Waals surface area contributed by atoms with Gasteiger partial charge in [-0.05, 0) is 31.5 Å². The standard InChI is InChI=1S/C16H15F3N4O2/c1-9-5-6-23(9)15-21-12(16(17,18)19)8-13(22-15)20-11-4-2-3-10(7-11)14(24)25/h2-4,7-9H,5-6H2,1H3,(H,24,25)(H,20,21,22)/t9-/m0/s1. The van der Waals surface area contributed by atoms with Crippen molar-refractivity contribution in [1.82, 2.24) is 9.97 Å². The fourth-order valence-corrected chi connectivity index (χ4v) is 2.46. The number of nitrogens with zero attached hydrogens (tertiary/aromatic N) is 3. The lowest BCUT2D eigenvalue weighted by Crippen LogP contribution is -2.46. The number of hydrogen-bond donors (Lipinski definition) is 2. The lowest BCUT2D eigenvalue weighted by molar-refractivity contribution is -0.141. The Bertz CT molecular complexity index is 810. The van der Waals surface area contributed by atoms with Crippen LogP contribution in [0.15, 0.2) is 30.3 Å². The molecule has 2 N–H and O–H groups in total. The van der Waals surface area contributed by atoms with E-state index in [-0.39, 0.29) is 23.4 Å². The third-order valence-electron chi connectivity index (χ3n) is 3.96. The minimum Gasteiger partial charge on any atom is -0.478 e. The Labute approximate surface area is 141 Å². The molecule has 0 amide bonds. The van der Waals surface area contributed by atoms with Crippen molar-refractivity contribution in [2.75, 3.05) is 16.8 Å². The molecule has 1 fully saturated rings. The molecule has 6 nitrogen and oxygen atoms in total. The normalized spacial score (nSPS) is 17.1. The number of carboxylic acids is 1. The number of hydrogen-bond acceptors (Lipinski definition) is 5. The SMILES string of the molecule is C[C@H]1CCN1c1nc(Nc2cccc(C(=O)O)c2)cc(C(F)(F)F)n1. The molecule has 132 valence electrons. The molecule has 1 aromatic heterocycles. The topological polar surface area (TPSA) is 78.4 Å². The van der Waals surface area contributed by atoms with E-state index in [9.17, 15) is 18.0 Å². The molecule has 2 aromatic rings. The van der Waals surface area contributed by atoms with Crippen molar-refractivity contribution < 1.29 is 23.1 Å². The van der Waals surface area contributed by atoms with Crippen molar-refractivity contribution in [1.29, 1.82) is 0 Å². The van der Waals surface area contributed by atoms with Gasteiger partial charge in [0.25, 0.3) is 0 Å². The van der Waals surface area contributed by atoms with Crippen molar-refractivity contribution in [2.24, 2.45) is 0 Å². The maximum absolute atomic E-state index is 13.1. The summed E-state index contributed by atoms with van der Waals surface area (Å²) in [4.78, 5) is 20.5. The quantitative estimate of drug-likeness (QED) is 0.876. The number of rotatable bonds is 4. The predicted molar refractivity (Wildman–Crippen MR) is 85.1 cm³/mol. The van der Waals surface area contributed by atoms with Crippen molar-refractivity contribution in [3.8, 4) is 0 Å². The zero-order valence-corrected chi connectivity index (χ0v) is 13.2. The van der Waals surface area contributed by atoms with Gasteiger partial charge in [0.1, 0.15) is 5.82 Å². The van der Waals surface area contributed by atoms with Crippen LogP contribution >= 0.6 is 0 Å². The molecule has 1 atom stereocenters. The first-order chi connectivity index (χ1) is 11.7. The fraction of sp³-hybridized carbons (Fsp3) is 0.312. The van der Waals surface area contributed by atoms with Gasteiger partial charge in [-0.3, -0.25) is 0 Å². The second-order valence-electron chi connectivity index (χ2n) is 5.78. The largest absolute Gasteiger partial charge is 0.478 e. The number of aromatic carboxylic acids is 1. The Kier molecular flexibility index (Phi) is 4.23. The minimum absolute atomic E-state index is 0.00506.